The molecule has 244 valence electrons. The summed E-state index contributed by atoms with van der Waals surface area (Å²) in [5.74, 6) is -3.03. The van der Waals surface area contributed by atoms with Crippen molar-refractivity contribution in [2.45, 2.75) is 115 Å². The van der Waals surface area contributed by atoms with Crippen LogP contribution in [-0.4, -0.2) is 103 Å². The maximum Gasteiger partial charge on any atom is 0.410 e. The lowest BCUT2D eigenvalue weighted by atomic mass is 9.67. The van der Waals surface area contributed by atoms with Crippen LogP contribution in [0.15, 0.2) is 24.5 Å². The number of aliphatic hydroxyl groups is 1. The summed E-state index contributed by atoms with van der Waals surface area (Å²) in [7, 11) is 6.26. The smallest absolute Gasteiger partial charge is 0.410 e. The number of unbranched alkanes of at least 4 members (excludes halogenated alkanes) is 1. The third-order valence-corrected chi connectivity index (χ3v) is 9.22. The van der Waals surface area contributed by atoms with E-state index in [0.29, 0.717) is 50.3 Å². The van der Waals surface area contributed by atoms with Crippen LogP contribution < -0.4 is 5.32 Å². The summed E-state index contributed by atoms with van der Waals surface area (Å²) in [6, 6.07) is 2.86. The Bertz CT molecular complexity index is 1330. The van der Waals surface area contributed by atoms with Crippen molar-refractivity contribution >= 4 is 25.7 Å². The van der Waals surface area contributed by atoms with Crippen LogP contribution >= 0.6 is 0 Å². The van der Waals surface area contributed by atoms with Crippen LogP contribution in [0, 0.1) is 11.8 Å². The molecule has 0 aromatic carbocycles. The monoisotopic (exact) mass is 623 g/mol. The predicted molar refractivity (Wildman–Crippen MR) is 166 cm³/mol. The van der Waals surface area contributed by atoms with Gasteiger partial charge in [0.05, 0.1) is 25.7 Å². The molecule has 14 heteroatoms. The summed E-state index contributed by atoms with van der Waals surface area (Å²) in [6.45, 7) is 12.3. The molecule has 4 rings (SSSR count). The molecular weight excluding hydrogens is 577 g/mol. The summed E-state index contributed by atoms with van der Waals surface area (Å²) in [6.07, 6.45) is 4.08. The normalized spacial score (nSPS) is 33.6. The molecule has 45 heavy (non-hydrogen) atoms. The minimum Gasteiger partial charge on any atom is -0.458 e. The summed E-state index contributed by atoms with van der Waals surface area (Å²) in [5.41, 5.74) is -1.23. The zero-order valence-electron chi connectivity index (χ0n) is 27.2. The fourth-order valence-corrected chi connectivity index (χ4v) is 6.52. The predicted octanol–water partition coefficient (Wildman–Crippen LogP) is 2.74. The van der Waals surface area contributed by atoms with E-state index in [-0.39, 0.29) is 18.4 Å². The molecule has 0 bridgehead atoms. The number of aromatic nitrogens is 5. The number of cyclic esters (lactones) is 1. The number of Topliss-reactive ketones (excluding diaryl/α,β-unsaturated/α-hetero) is 1. The Kier molecular flexibility index (Phi) is 11.0. The van der Waals surface area contributed by atoms with E-state index in [1.165, 1.54) is 6.92 Å². The molecule has 2 fully saturated rings. The van der Waals surface area contributed by atoms with Crippen LogP contribution in [0.4, 0.5) is 4.79 Å². The van der Waals surface area contributed by atoms with E-state index >= 15 is 0 Å². The fraction of sp³-hybridized carbons (Fsp3) is 0.710. The number of nitrogens with one attached hydrogen (secondary N) is 1. The zero-order chi connectivity index (χ0) is 32.9. The van der Waals surface area contributed by atoms with Crippen LogP contribution in [-0.2, 0) is 25.6 Å². The lowest BCUT2D eigenvalue weighted by molar-refractivity contribution is -0.169. The van der Waals surface area contributed by atoms with Crippen molar-refractivity contribution in [1.82, 2.24) is 35.4 Å². The average Bonchev–Trinajstić information content (AvgIpc) is 3.57. The third kappa shape index (κ3) is 7.89. The molecule has 2 aromatic heterocycles. The van der Waals surface area contributed by atoms with E-state index in [1.54, 1.807) is 35.7 Å². The average molecular weight is 624 g/mol. The van der Waals surface area contributed by atoms with Crippen LogP contribution in [0.2, 0.25) is 5.82 Å². The van der Waals surface area contributed by atoms with Gasteiger partial charge in [0, 0.05) is 31.7 Å². The molecule has 4 heterocycles. The van der Waals surface area contributed by atoms with Gasteiger partial charge in [0.1, 0.15) is 29.2 Å². The third-order valence-electron chi connectivity index (χ3n) is 9.22. The molecular formula is C31H46BN7O6. The van der Waals surface area contributed by atoms with E-state index in [1.807, 2.05) is 33.0 Å². The zero-order valence-corrected chi connectivity index (χ0v) is 27.2. The first-order valence-corrected chi connectivity index (χ1v) is 15.9. The molecule has 8 atom stereocenters. The number of hydrogen-bond donors (Lipinski definition) is 2. The quantitative estimate of drug-likeness (QED) is 0.202. The second-order valence-corrected chi connectivity index (χ2v) is 13.1. The molecule has 2 aromatic rings. The topological polar surface area (TPSA) is 162 Å². The first-order valence-electron chi connectivity index (χ1n) is 15.9. The van der Waals surface area contributed by atoms with Gasteiger partial charge in [0.25, 0.3) is 0 Å². The van der Waals surface area contributed by atoms with Gasteiger partial charge < -0.3 is 19.9 Å². The lowest BCUT2D eigenvalue weighted by Gasteiger charge is -2.41. The number of aryl methyl sites for hydroxylation is 1. The van der Waals surface area contributed by atoms with E-state index in [9.17, 15) is 19.5 Å². The number of rotatable bonds is 7. The molecule has 1 amide bonds. The van der Waals surface area contributed by atoms with E-state index in [0.717, 1.165) is 6.42 Å². The first kappa shape index (κ1) is 34.5. The van der Waals surface area contributed by atoms with Gasteiger partial charge in [-0.05, 0) is 83.8 Å². The highest BCUT2D eigenvalue weighted by Gasteiger charge is 2.58. The van der Waals surface area contributed by atoms with Gasteiger partial charge in [-0.3, -0.25) is 19.2 Å². The Hall–Kier alpha value is -3.39. The van der Waals surface area contributed by atoms with Gasteiger partial charge in [-0.25, -0.2) is 4.79 Å². The van der Waals surface area contributed by atoms with Crippen LogP contribution in [0.25, 0.3) is 11.4 Å². The van der Waals surface area contributed by atoms with Crippen molar-refractivity contribution in [2.75, 3.05) is 13.1 Å². The van der Waals surface area contributed by atoms with Crippen molar-refractivity contribution in [3.8, 4) is 11.4 Å². The number of hydrogen-bond acceptors (Lipinski definition) is 11. The number of carbonyl (C=O) groups excluding carboxylic acids is 3. The van der Waals surface area contributed by atoms with Gasteiger partial charge in [-0.15, -0.1) is 10.2 Å². The van der Waals surface area contributed by atoms with Gasteiger partial charge in [-0.2, -0.15) is 5.10 Å². The van der Waals surface area contributed by atoms with Crippen LogP contribution in [0.3, 0.4) is 0 Å². The van der Waals surface area contributed by atoms with Gasteiger partial charge in [0.2, 0.25) is 0 Å². The minimum absolute atomic E-state index is 0.00169. The largest absolute Gasteiger partial charge is 0.458 e. The molecule has 2 N–H and O–H groups in total. The molecule has 13 nitrogen and oxygen atoms in total. The summed E-state index contributed by atoms with van der Waals surface area (Å²) < 4.78 is 13.7. The Balaban J connectivity index is 1.52. The SMILES string of the molecule is [B][C@@H]1CC(=O)[C@@H](C)C(=O)O[C@H](CC)[C@@]2(C)OC(=O)N(CCCCn3cc(-c4cccnn4)nn3)[C@@H]2[C@@H](C)NC[C@H](C)C[C@]1(C)O. The van der Waals surface area contributed by atoms with E-state index in [4.69, 9.17) is 17.3 Å². The van der Waals surface area contributed by atoms with Crippen LogP contribution in [0.1, 0.15) is 73.6 Å². The number of amides is 1. The highest BCUT2D eigenvalue weighted by Crippen LogP contribution is 2.39. The highest BCUT2D eigenvalue weighted by molar-refractivity contribution is 6.15. The first-order chi connectivity index (χ1) is 21.3. The second kappa shape index (κ2) is 14.4. The van der Waals surface area contributed by atoms with Crippen molar-refractivity contribution in [3.05, 3.63) is 24.5 Å². The molecule has 2 aliphatic heterocycles. The molecule has 2 aliphatic rings. The fourth-order valence-electron chi connectivity index (χ4n) is 6.52. The minimum atomic E-state index is -1.32. The molecule has 2 radical (unpaired) electrons. The van der Waals surface area contributed by atoms with Crippen LogP contribution in [0.5, 0.6) is 0 Å². The Morgan fingerprint density at radius 3 is 2.53 bits per heavy atom. The molecule has 0 saturated carbocycles. The highest BCUT2D eigenvalue weighted by atomic mass is 16.6. The van der Waals surface area contributed by atoms with Gasteiger partial charge >= 0.3 is 12.1 Å². The van der Waals surface area contributed by atoms with E-state index < -0.39 is 52.9 Å². The number of esters is 1. The maximum atomic E-state index is 13.4. The van der Waals surface area contributed by atoms with Gasteiger partial charge in [-0.1, -0.05) is 19.1 Å². The number of fused-ring (bicyclic) bond motifs is 1. The number of ketones is 1. The lowest BCUT2D eigenvalue weighted by Crippen LogP contribution is -2.60. The van der Waals surface area contributed by atoms with Crippen molar-refractivity contribution in [3.63, 3.8) is 0 Å². The molecule has 0 aliphatic carbocycles. The summed E-state index contributed by atoms with van der Waals surface area (Å²) >= 11 is 0. The summed E-state index contributed by atoms with van der Waals surface area (Å²) in [4.78, 5) is 41.4. The van der Waals surface area contributed by atoms with Crippen molar-refractivity contribution in [1.29, 1.82) is 0 Å². The van der Waals surface area contributed by atoms with Crippen molar-refractivity contribution in [2.24, 2.45) is 11.8 Å². The van der Waals surface area contributed by atoms with Crippen molar-refractivity contribution < 1.29 is 29.0 Å². The number of ether oxygens (including phenoxy) is 2. The number of carbonyl (C=O) groups is 3. The Morgan fingerprint density at radius 1 is 1.11 bits per heavy atom. The van der Waals surface area contributed by atoms with Gasteiger partial charge in [0.15, 0.2) is 5.60 Å². The maximum absolute atomic E-state index is 13.4. The second-order valence-electron chi connectivity index (χ2n) is 13.1. The summed E-state index contributed by atoms with van der Waals surface area (Å²) in [5, 5.41) is 31.0. The van der Waals surface area contributed by atoms with E-state index in [2.05, 4.69) is 25.8 Å². The standard InChI is InChI=1S/C31H46BN7O6/c1-7-26-31(6)27(21(4)33-17-19(2)16-30(5,43)25(32)15-24(40)20(3)28(41)44-26)39(29(42)45-31)14-9-8-13-38-18-23(36-37-38)22-11-10-12-34-35-22/h10-12,18-21,25-27,33,43H,7-9,13-17H2,1-6H3/t19-,20-,21-,25-,26-,27-,30+,31-/m1/s1. The molecule has 2 saturated heterocycles. The molecule has 0 unspecified atom stereocenters. The Labute approximate surface area is 266 Å². The number of nitrogens with zero attached hydrogens (tertiary/aromatic N) is 6. The Morgan fingerprint density at radius 2 is 1.84 bits per heavy atom. The molecule has 0 spiro atoms.